The second-order valence-corrected chi connectivity index (χ2v) is 5.57. The van der Waals surface area contributed by atoms with E-state index in [0.29, 0.717) is 12.5 Å². The predicted molar refractivity (Wildman–Crippen MR) is 77.8 cm³/mol. The number of piperidine rings is 1. The largest absolute Gasteiger partial charge is 0.329 e. The molecule has 0 aromatic heterocycles. The fourth-order valence-corrected chi connectivity index (χ4v) is 2.88. The third-order valence-corrected chi connectivity index (χ3v) is 4.02. The molecule has 1 heterocycles. The van der Waals surface area contributed by atoms with Crippen LogP contribution in [0, 0.1) is 17.6 Å². The number of anilines is 1. The lowest BCUT2D eigenvalue weighted by Crippen LogP contribution is -2.51. The van der Waals surface area contributed by atoms with Crippen molar-refractivity contribution in [3.63, 3.8) is 0 Å². The van der Waals surface area contributed by atoms with Crippen molar-refractivity contribution in [2.75, 3.05) is 25.0 Å². The second kappa shape index (κ2) is 6.95. The van der Waals surface area contributed by atoms with Gasteiger partial charge in [0.1, 0.15) is 11.6 Å². The highest BCUT2D eigenvalue weighted by molar-refractivity contribution is 5.92. The summed E-state index contributed by atoms with van der Waals surface area (Å²) in [4.78, 5) is 14.0. The SMILES string of the molecule is CC1CCCN(CC(=O)Nc2cc(F)ccc2F)C1CN. The van der Waals surface area contributed by atoms with Crippen molar-refractivity contribution in [1.29, 1.82) is 0 Å². The Morgan fingerprint density at radius 3 is 2.95 bits per heavy atom. The van der Waals surface area contributed by atoms with Crippen LogP contribution in [0.5, 0.6) is 0 Å². The first-order valence-electron chi connectivity index (χ1n) is 7.20. The van der Waals surface area contributed by atoms with Gasteiger partial charge in [0.25, 0.3) is 0 Å². The third kappa shape index (κ3) is 3.98. The molecule has 3 N–H and O–H groups in total. The summed E-state index contributed by atoms with van der Waals surface area (Å²) in [5.41, 5.74) is 5.64. The van der Waals surface area contributed by atoms with E-state index < -0.39 is 11.6 Å². The molecule has 21 heavy (non-hydrogen) atoms. The molecule has 6 heteroatoms. The van der Waals surface area contributed by atoms with Crippen LogP contribution in [0.15, 0.2) is 18.2 Å². The van der Waals surface area contributed by atoms with Crippen molar-refractivity contribution in [3.8, 4) is 0 Å². The summed E-state index contributed by atoms with van der Waals surface area (Å²) in [6.07, 6.45) is 2.11. The minimum atomic E-state index is -0.646. The summed E-state index contributed by atoms with van der Waals surface area (Å²) in [6.45, 7) is 3.55. The first-order chi connectivity index (χ1) is 10.0. The Morgan fingerprint density at radius 2 is 2.24 bits per heavy atom. The molecule has 0 spiro atoms. The molecule has 116 valence electrons. The third-order valence-electron chi connectivity index (χ3n) is 4.02. The van der Waals surface area contributed by atoms with Gasteiger partial charge in [0.05, 0.1) is 12.2 Å². The van der Waals surface area contributed by atoms with E-state index in [-0.39, 0.29) is 24.2 Å². The van der Waals surface area contributed by atoms with Crippen LogP contribution in [0.4, 0.5) is 14.5 Å². The molecule has 1 aliphatic rings. The number of benzene rings is 1. The molecule has 1 fully saturated rings. The predicted octanol–water partition coefficient (Wildman–Crippen LogP) is 1.96. The van der Waals surface area contributed by atoms with Crippen LogP contribution in [-0.2, 0) is 4.79 Å². The zero-order valence-electron chi connectivity index (χ0n) is 12.1. The van der Waals surface area contributed by atoms with Crippen LogP contribution in [0.1, 0.15) is 19.8 Å². The molecule has 0 bridgehead atoms. The molecule has 2 rings (SSSR count). The smallest absolute Gasteiger partial charge is 0.238 e. The number of nitrogens with two attached hydrogens (primary N) is 1. The Hall–Kier alpha value is -1.53. The molecule has 0 aliphatic carbocycles. The van der Waals surface area contributed by atoms with Crippen molar-refractivity contribution < 1.29 is 13.6 Å². The lowest BCUT2D eigenvalue weighted by atomic mass is 9.91. The zero-order chi connectivity index (χ0) is 15.4. The van der Waals surface area contributed by atoms with E-state index in [2.05, 4.69) is 12.2 Å². The number of nitrogens with zero attached hydrogens (tertiary/aromatic N) is 1. The highest BCUT2D eigenvalue weighted by Crippen LogP contribution is 2.22. The van der Waals surface area contributed by atoms with E-state index >= 15 is 0 Å². The maximum absolute atomic E-state index is 13.5. The zero-order valence-corrected chi connectivity index (χ0v) is 12.1. The molecule has 2 unspecified atom stereocenters. The highest BCUT2D eigenvalue weighted by atomic mass is 19.1. The van der Waals surface area contributed by atoms with Gasteiger partial charge in [-0.25, -0.2) is 8.78 Å². The molecule has 1 aromatic carbocycles. The average Bonchev–Trinajstić information content (AvgIpc) is 2.43. The summed E-state index contributed by atoms with van der Waals surface area (Å²) in [5, 5.41) is 2.42. The number of hydrogen-bond acceptors (Lipinski definition) is 3. The van der Waals surface area contributed by atoms with Gasteiger partial charge in [-0.15, -0.1) is 0 Å². The number of rotatable bonds is 4. The molecule has 2 atom stereocenters. The molecule has 1 amide bonds. The molecule has 1 aromatic rings. The Bertz CT molecular complexity index is 510. The maximum atomic E-state index is 13.5. The van der Waals surface area contributed by atoms with Crippen molar-refractivity contribution >= 4 is 11.6 Å². The van der Waals surface area contributed by atoms with E-state index in [1.807, 2.05) is 4.90 Å². The molecule has 4 nitrogen and oxygen atoms in total. The molecular weight excluding hydrogens is 276 g/mol. The summed E-state index contributed by atoms with van der Waals surface area (Å²) in [6, 6.07) is 3.15. The summed E-state index contributed by atoms with van der Waals surface area (Å²) >= 11 is 0. The Morgan fingerprint density at radius 1 is 1.48 bits per heavy atom. The normalized spacial score (nSPS) is 23.0. The first kappa shape index (κ1) is 15.9. The van der Waals surface area contributed by atoms with E-state index in [0.717, 1.165) is 37.6 Å². The van der Waals surface area contributed by atoms with Gasteiger partial charge in [-0.1, -0.05) is 6.92 Å². The quantitative estimate of drug-likeness (QED) is 0.893. The second-order valence-electron chi connectivity index (χ2n) is 5.57. The fourth-order valence-electron chi connectivity index (χ4n) is 2.88. The van der Waals surface area contributed by atoms with Crippen molar-refractivity contribution in [2.24, 2.45) is 11.7 Å². The van der Waals surface area contributed by atoms with Gasteiger partial charge in [0.2, 0.25) is 5.91 Å². The minimum absolute atomic E-state index is 0.130. The van der Waals surface area contributed by atoms with Crippen LogP contribution in [0.25, 0.3) is 0 Å². The summed E-state index contributed by atoms with van der Waals surface area (Å²) in [5.74, 6) is -1.15. The summed E-state index contributed by atoms with van der Waals surface area (Å²) in [7, 11) is 0. The number of amides is 1. The van der Waals surface area contributed by atoms with Gasteiger partial charge in [-0.2, -0.15) is 0 Å². The molecule has 1 aliphatic heterocycles. The average molecular weight is 297 g/mol. The molecular formula is C15H21F2N3O. The topological polar surface area (TPSA) is 58.4 Å². The number of carbonyl (C=O) groups excluding carboxylic acids is 1. The van der Waals surface area contributed by atoms with Crippen LogP contribution >= 0.6 is 0 Å². The van der Waals surface area contributed by atoms with Gasteiger partial charge < -0.3 is 11.1 Å². The van der Waals surface area contributed by atoms with Gasteiger partial charge in [0.15, 0.2) is 0 Å². The standard InChI is InChI=1S/C15H21F2N3O/c1-10-3-2-6-20(14(10)8-18)9-15(21)19-13-7-11(16)4-5-12(13)17/h4-5,7,10,14H,2-3,6,8-9,18H2,1H3,(H,19,21). The summed E-state index contributed by atoms with van der Waals surface area (Å²) < 4.78 is 26.6. The van der Waals surface area contributed by atoms with Crippen LogP contribution < -0.4 is 11.1 Å². The maximum Gasteiger partial charge on any atom is 0.238 e. The van der Waals surface area contributed by atoms with E-state index in [9.17, 15) is 13.6 Å². The van der Waals surface area contributed by atoms with Gasteiger partial charge >= 0.3 is 0 Å². The first-order valence-corrected chi connectivity index (χ1v) is 7.20. The number of halogens is 2. The minimum Gasteiger partial charge on any atom is -0.329 e. The number of hydrogen-bond donors (Lipinski definition) is 2. The van der Waals surface area contributed by atoms with Gasteiger partial charge in [-0.3, -0.25) is 9.69 Å². The van der Waals surface area contributed by atoms with Gasteiger partial charge in [0, 0.05) is 18.7 Å². The Labute approximate surface area is 123 Å². The lowest BCUT2D eigenvalue weighted by Gasteiger charge is -2.38. The van der Waals surface area contributed by atoms with E-state index in [1.54, 1.807) is 0 Å². The molecule has 1 saturated heterocycles. The monoisotopic (exact) mass is 297 g/mol. The number of nitrogens with one attached hydrogen (secondary N) is 1. The van der Waals surface area contributed by atoms with Crippen LogP contribution in [0.3, 0.4) is 0 Å². The van der Waals surface area contributed by atoms with Crippen LogP contribution in [-0.4, -0.2) is 36.5 Å². The fraction of sp³-hybridized carbons (Fsp3) is 0.533. The highest BCUT2D eigenvalue weighted by Gasteiger charge is 2.28. The number of likely N-dealkylation sites (tertiary alicyclic amines) is 1. The van der Waals surface area contributed by atoms with Gasteiger partial charge in [-0.05, 0) is 37.4 Å². The molecule has 0 radical (unpaired) electrons. The van der Waals surface area contributed by atoms with Crippen molar-refractivity contribution in [1.82, 2.24) is 4.90 Å². The number of carbonyl (C=O) groups is 1. The lowest BCUT2D eigenvalue weighted by molar-refractivity contribution is -0.118. The Kier molecular flexibility index (Phi) is 5.25. The van der Waals surface area contributed by atoms with Crippen molar-refractivity contribution in [2.45, 2.75) is 25.8 Å². The molecule has 0 saturated carbocycles. The van der Waals surface area contributed by atoms with E-state index in [4.69, 9.17) is 5.73 Å². The van der Waals surface area contributed by atoms with Crippen LogP contribution in [0.2, 0.25) is 0 Å². The van der Waals surface area contributed by atoms with E-state index in [1.165, 1.54) is 0 Å². The van der Waals surface area contributed by atoms with Crippen molar-refractivity contribution in [3.05, 3.63) is 29.8 Å². The Balaban J connectivity index is 1.99.